The zero-order valence-corrected chi connectivity index (χ0v) is 12.4. The Morgan fingerprint density at radius 3 is 2.70 bits per heavy atom. The highest BCUT2D eigenvalue weighted by Crippen LogP contribution is 2.41. The van der Waals surface area contributed by atoms with Crippen molar-refractivity contribution < 1.29 is 14.4 Å². The van der Waals surface area contributed by atoms with Crippen LogP contribution in [0.2, 0.25) is 0 Å². The number of rotatable bonds is 1. The molecule has 3 atom stereocenters. The van der Waals surface area contributed by atoms with Gasteiger partial charge in [-0.2, -0.15) is 0 Å². The highest BCUT2D eigenvalue weighted by molar-refractivity contribution is 6.15. The summed E-state index contributed by atoms with van der Waals surface area (Å²) in [4.78, 5) is 36.8. The lowest BCUT2D eigenvalue weighted by Crippen LogP contribution is -2.42. The van der Waals surface area contributed by atoms with E-state index in [0.29, 0.717) is 12.0 Å². The van der Waals surface area contributed by atoms with Crippen LogP contribution in [-0.2, 0) is 20.8 Å². The van der Waals surface area contributed by atoms with Crippen LogP contribution in [0.1, 0.15) is 11.1 Å². The van der Waals surface area contributed by atoms with Crippen LogP contribution in [0.5, 0.6) is 0 Å². The highest BCUT2D eigenvalue weighted by Gasteiger charge is 2.45. The van der Waals surface area contributed by atoms with Crippen molar-refractivity contribution in [3.05, 3.63) is 64.8 Å². The molecule has 0 saturated heterocycles. The van der Waals surface area contributed by atoms with E-state index in [2.05, 4.69) is 0 Å². The molecule has 0 bridgehead atoms. The summed E-state index contributed by atoms with van der Waals surface area (Å²) in [5, 5.41) is 0. The number of hydrogen-bond donors (Lipinski definition) is 1. The Bertz CT molecular complexity index is 844. The summed E-state index contributed by atoms with van der Waals surface area (Å²) in [6.45, 7) is 0. The molecule has 0 spiro atoms. The van der Waals surface area contributed by atoms with Crippen LogP contribution in [-0.4, -0.2) is 17.5 Å². The minimum Gasteiger partial charge on any atom is -0.369 e. The third-order valence-electron chi connectivity index (χ3n) is 4.90. The van der Waals surface area contributed by atoms with Crippen LogP contribution in [0.4, 0.5) is 0 Å². The number of ketones is 2. The molecule has 1 aromatic rings. The molecule has 114 valence electrons. The summed E-state index contributed by atoms with van der Waals surface area (Å²) in [6.07, 6.45) is 7.23. The van der Waals surface area contributed by atoms with Gasteiger partial charge in [0.05, 0.1) is 5.92 Å². The summed E-state index contributed by atoms with van der Waals surface area (Å²) < 4.78 is 0. The third-order valence-corrected chi connectivity index (χ3v) is 4.90. The molecular weight excluding hydrogens is 290 g/mol. The van der Waals surface area contributed by atoms with Crippen LogP contribution in [0, 0.1) is 17.8 Å². The van der Waals surface area contributed by atoms with Crippen molar-refractivity contribution in [1.29, 1.82) is 0 Å². The number of allylic oxidation sites excluding steroid dienone is 3. The van der Waals surface area contributed by atoms with Gasteiger partial charge in [0.15, 0.2) is 11.6 Å². The van der Waals surface area contributed by atoms with Gasteiger partial charge in [-0.25, -0.2) is 0 Å². The number of amides is 1. The Hall–Kier alpha value is -2.75. The van der Waals surface area contributed by atoms with E-state index < -0.39 is 17.7 Å². The lowest BCUT2D eigenvalue weighted by molar-refractivity contribution is -0.131. The number of nitrogens with two attached hydrogens (primary N) is 1. The van der Waals surface area contributed by atoms with Crippen molar-refractivity contribution in [3.8, 4) is 0 Å². The van der Waals surface area contributed by atoms with E-state index in [1.54, 1.807) is 0 Å². The van der Waals surface area contributed by atoms with Gasteiger partial charge in [-0.15, -0.1) is 0 Å². The first kappa shape index (κ1) is 13.9. The summed E-state index contributed by atoms with van der Waals surface area (Å²) >= 11 is 0. The maximum absolute atomic E-state index is 12.9. The van der Waals surface area contributed by atoms with Crippen LogP contribution < -0.4 is 5.73 Å². The molecule has 4 rings (SSSR count). The zero-order chi connectivity index (χ0) is 16.1. The number of hydrogen-bond acceptors (Lipinski definition) is 3. The molecule has 4 heteroatoms. The second kappa shape index (κ2) is 4.88. The molecular formula is C19H15NO3. The quantitative estimate of drug-likeness (QED) is 0.801. The minimum absolute atomic E-state index is 0.121. The molecule has 3 aliphatic rings. The fourth-order valence-electron chi connectivity index (χ4n) is 3.76. The van der Waals surface area contributed by atoms with Gasteiger partial charge in [-0.05, 0) is 34.8 Å². The Balaban J connectivity index is 1.88. The largest absolute Gasteiger partial charge is 0.369 e. The fourth-order valence-corrected chi connectivity index (χ4v) is 3.76. The van der Waals surface area contributed by atoms with E-state index in [1.165, 1.54) is 12.2 Å². The molecule has 0 aromatic heterocycles. The number of Topliss-reactive ketones (excluding diaryl/α,β-unsaturated/α-hetero) is 1. The van der Waals surface area contributed by atoms with E-state index in [1.807, 2.05) is 36.4 Å². The monoisotopic (exact) mass is 305 g/mol. The topological polar surface area (TPSA) is 77.2 Å². The predicted molar refractivity (Wildman–Crippen MR) is 85.0 cm³/mol. The Morgan fingerprint density at radius 2 is 1.91 bits per heavy atom. The number of primary amides is 1. The molecule has 0 radical (unpaired) electrons. The lowest BCUT2D eigenvalue weighted by Gasteiger charge is -2.35. The second-order valence-electron chi connectivity index (χ2n) is 6.22. The Morgan fingerprint density at radius 1 is 1.13 bits per heavy atom. The normalized spacial score (nSPS) is 28.3. The summed E-state index contributed by atoms with van der Waals surface area (Å²) in [7, 11) is 0. The van der Waals surface area contributed by atoms with Gasteiger partial charge < -0.3 is 5.73 Å². The average Bonchev–Trinajstić information content (AvgIpc) is 2.53. The van der Waals surface area contributed by atoms with Crippen molar-refractivity contribution in [2.24, 2.45) is 23.5 Å². The van der Waals surface area contributed by atoms with E-state index in [9.17, 15) is 14.4 Å². The van der Waals surface area contributed by atoms with Gasteiger partial charge in [0.25, 0.3) is 0 Å². The van der Waals surface area contributed by atoms with Crippen LogP contribution >= 0.6 is 0 Å². The van der Waals surface area contributed by atoms with Gasteiger partial charge in [0, 0.05) is 5.92 Å². The van der Waals surface area contributed by atoms with Gasteiger partial charge in [0.2, 0.25) is 5.91 Å². The predicted octanol–water partition coefficient (Wildman–Crippen LogP) is 1.61. The fraction of sp³-hybridized carbons (Fsp3) is 0.211. The van der Waals surface area contributed by atoms with E-state index in [4.69, 9.17) is 5.73 Å². The van der Waals surface area contributed by atoms with Crippen LogP contribution in [0.3, 0.4) is 0 Å². The van der Waals surface area contributed by atoms with Crippen molar-refractivity contribution in [2.75, 3.05) is 0 Å². The smallest absolute Gasteiger partial charge is 0.228 e. The zero-order valence-electron chi connectivity index (χ0n) is 12.4. The summed E-state index contributed by atoms with van der Waals surface area (Å²) in [5.74, 6) is -2.76. The Kier molecular flexibility index (Phi) is 2.94. The molecule has 1 amide bonds. The molecule has 0 saturated carbocycles. The van der Waals surface area contributed by atoms with Gasteiger partial charge in [-0.1, -0.05) is 42.5 Å². The first-order valence-electron chi connectivity index (χ1n) is 7.62. The maximum atomic E-state index is 12.9. The Labute approximate surface area is 133 Å². The summed E-state index contributed by atoms with van der Waals surface area (Å²) in [5.41, 5.74) is 9.02. The van der Waals surface area contributed by atoms with Gasteiger partial charge in [-0.3, -0.25) is 14.4 Å². The van der Waals surface area contributed by atoms with Crippen molar-refractivity contribution in [2.45, 2.75) is 6.42 Å². The maximum Gasteiger partial charge on any atom is 0.228 e. The number of fused-ring (bicyclic) bond motifs is 3. The molecule has 3 unspecified atom stereocenters. The molecule has 1 aromatic carbocycles. The van der Waals surface area contributed by atoms with Gasteiger partial charge in [0.1, 0.15) is 5.92 Å². The second-order valence-corrected chi connectivity index (χ2v) is 6.22. The molecule has 3 aliphatic carbocycles. The first-order valence-corrected chi connectivity index (χ1v) is 7.62. The molecule has 0 aliphatic heterocycles. The molecule has 4 nitrogen and oxygen atoms in total. The van der Waals surface area contributed by atoms with Crippen molar-refractivity contribution in [1.82, 2.24) is 0 Å². The molecule has 0 heterocycles. The van der Waals surface area contributed by atoms with Crippen LogP contribution in [0.15, 0.2) is 53.6 Å². The molecule has 0 fully saturated rings. The molecule has 23 heavy (non-hydrogen) atoms. The van der Waals surface area contributed by atoms with Crippen LogP contribution in [0.25, 0.3) is 6.08 Å². The first-order chi connectivity index (χ1) is 11.1. The number of benzene rings is 1. The van der Waals surface area contributed by atoms with E-state index >= 15 is 0 Å². The van der Waals surface area contributed by atoms with Gasteiger partial charge >= 0.3 is 0 Å². The number of carbonyl (C=O) groups excluding carboxylic acids is 3. The number of carbonyl (C=O) groups is 3. The van der Waals surface area contributed by atoms with E-state index in [0.717, 1.165) is 16.7 Å². The summed E-state index contributed by atoms with van der Waals surface area (Å²) in [6, 6.07) is 7.91. The lowest BCUT2D eigenvalue weighted by atomic mass is 9.66. The minimum atomic E-state index is -0.857. The van der Waals surface area contributed by atoms with E-state index in [-0.39, 0.29) is 17.5 Å². The average molecular weight is 305 g/mol. The van der Waals surface area contributed by atoms with Crippen molar-refractivity contribution >= 4 is 23.5 Å². The SMILES string of the molecule is NC(=O)C1C=CC(=O)C2C(=O)C3Cc4ccccc4C=C3C=C12. The highest BCUT2D eigenvalue weighted by atomic mass is 16.2. The molecule has 2 N–H and O–H groups in total. The standard InChI is InChI=1S/C19H15NO3/c20-19(23)13-5-6-16(21)17-15(13)9-12-7-10-3-1-2-4-11(10)8-14(12)18(17)22/h1-7,9,13-14,17H,8H2,(H2,20,23). The third kappa shape index (κ3) is 2.02. The van der Waals surface area contributed by atoms with Crippen molar-refractivity contribution in [3.63, 3.8) is 0 Å².